The van der Waals surface area contributed by atoms with Crippen molar-refractivity contribution in [3.63, 3.8) is 0 Å². The number of hydrogen-bond acceptors (Lipinski definition) is 0. The number of rotatable bonds is 3. The summed E-state index contributed by atoms with van der Waals surface area (Å²) in [5, 5.41) is 2.42. The van der Waals surface area contributed by atoms with E-state index in [1.54, 1.807) is 0 Å². The van der Waals surface area contributed by atoms with E-state index in [4.69, 9.17) is 0 Å². The molecule has 0 amide bonds. The van der Waals surface area contributed by atoms with E-state index in [1.165, 1.54) is 16.0 Å². The molecule has 0 N–H and O–H groups in total. The third-order valence-electron chi connectivity index (χ3n) is 2.50. The van der Waals surface area contributed by atoms with Crippen molar-refractivity contribution in [2.75, 3.05) is 0 Å². The molecule has 22 heavy (non-hydrogen) atoms. The minimum atomic E-state index is 1.15. The molecule has 1 aromatic carbocycles. The molecular weight excluding hydrogens is 264 g/mol. The third kappa shape index (κ3) is 8.46. The summed E-state index contributed by atoms with van der Waals surface area (Å²) >= 11 is 0. The van der Waals surface area contributed by atoms with Gasteiger partial charge in [0.05, 0.1) is 0 Å². The molecule has 0 aromatic heterocycles. The molecule has 0 unspecified atom stereocenters. The van der Waals surface area contributed by atoms with E-state index < -0.39 is 0 Å². The SMILES string of the molecule is C=C/C=c1/c(/C=C\C)c(C=C)cc/c1=C/C.CC.CC.CC. The highest BCUT2D eigenvalue weighted by Crippen LogP contribution is 2.06. The lowest BCUT2D eigenvalue weighted by Crippen LogP contribution is -2.27. The highest BCUT2D eigenvalue weighted by molar-refractivity contribution is 5.66. The molecule has 0 saturated carbocycles. The van der Waals surface area contributed by atoms with Gasteiger partial charge < -0.3 is 0 Å². The zero-order valence-corrected chi connectivity index (χ0v) is 16.0. The van der Waals surface area contributed by atoms with Crippen LogP contribution in [0.15, 0.2) is 37.4 Å². The van der Waals surface area contributed by atoms with Gasteiger partial charge in [-0.05, 0) is 35.4 Å². The number of benzene rings is 1. The smallest absolute Gasteiger partial charge is 0.0109 e. The first-order valence-electron chi connectivity index (χ1n) is 8.45. The van der Waals surface area contributed by atoms with Crippen LogP contribution in [-0.2, 0) is 0 Å². The fourth-order valence-corrected chi connectivity index (χ4v) is 1.76. The maximum Gasteiger partial charge on any atom is -0.0109 e. The molecule has 0 fully saturated rings. The summed E-state index contributed by atoms with van der Waals surface area (Å²) < 4.78 is 0. The summed E-state index contributed by atoms with van der Waals surface area (Å²) in [5.74, 6) is 0. The molecule has 0 atom stereocenters. The third-order valence-corrected chi connectivity index (χ3v) is 2.50. The van der Waals surface area contributed by atoms with Gasteiger partial charge in [0.15, 0.2) is 0 Å². The normalized spacial score (nSPS) is 10.5. The lowest BCUT2D eigenvalue weighted by molar-refractivity contribution is 1.45. The van der Waals surface area contributed by atoms with Gasteiger partial charge in [0.2, 0.25) is 0 Å². The Hall–Kier alpha value is -1.82. The van der Waals surface area contributed by atoms with E-state index in [0.717, 1.165) is 5.56 Å². The first-order valence-corrected chi connectivity index (χ1v) is 8.45. The molecule has 1 aromatic rings. The largest absolute Gasteiger partial charge is 0.0990 e. The first kappa shape index (κ1) is 25.2. The predicted octanol–water partition coefficient (Wildman–Crippen LogP) is 6.21. The van der Waals surface area contributed by atoms with Crippen molar-refractivity contribution in [3.8, 4) is 0 Å². The van der Waals surface area contributed by atoms with Gasteiger partial charge in [-0.25, -0.2) is 0 Å². The van der Waals surface area contributed by atoms with Crippen LogP contribution < -0.4 is 10.4 Å². The second-order valence-corrected chi connectivity index (χ2v) is 3.47. The fourth-order valence-electron chi connectivity index (χ4n) is 1.76. The summed E-state index contributed by atoms with van der Waals surface area (Å²) in [7, 11) is 0. The van der Waals surface area contributed by atoms with Gasteiger partial charge in [-0.2, -0.15) is 0 Å². The molecule has 0 spiro atoms. The van der Waals surface area contributed by atoms with Gasteiger partial charge in [0.1, 0.15) is 0 Å². The zero-order valence-electron chi connectivity index (χ0n) is 16.0. The molecule has 0 heterocycles. The summed E-state index contributed by atoms with van der Waals surface area (Å²) in [4.78, 5) is 0. The molecule has 0 saturated heterocycles. The Morgan fingerprint density at radius 2 is 1.41 bits per heavy atom. The second kappa shape index (κ2) is 19.2. The van der Waals surface area contributed by atoms with Crippen LogP contribution in [-0.4, -0.2) is 0 Å². The van der Waals surface area contributed by atoms with Crippen LogP contribution in [0.5, 0.6) is 0 Å². The minimum Gasteiger partial charge on any atom is -0.0990 e. The quantitative estimate of drug-likeness (QED) is 0.622. The van der Waals surface area contributed by atoms with E-state index in [1.807, 2.05) is 79.7 Å². The molecule has 1 rings (SSSR count). The Morgan fingerprint density at radius 3 is 1.77 bits per heavy atom. The minimum absolute atomic E-state index is 1.15. The van der Waals surface area contributed by atoms with Crippen LogP contribution in [0, 0.1) is 0 Å². The molecule has 0 heteroatoms. The zero-order chi connectivity index (χ0) is 18.0. The van der Waals surface area contributed by atoms with Crippen molar-refractivity contribution in [3.05, 3.63) is 59.0 Å². The monoisotopic (exact) mass is 300 g/mol. The van der Waals surface area contributed by atoms with Crippen LogP contribution in [0.4, 0.5) is 0 Å². The molecule has 0 aliphatic rings. The summed E-state index contributed by atoms with van der Waals surface area (Å²) in [6.07, 6.45) is 12.0. The average Bonchev–Trinajstić information content (AvgIpc) is 2.62. The van der Waals surface area contributed by atoms with E-state index in [2.05, 4.69) is 37.4 Å². The Morgan fingerprint density at radius 1 is 0.864 bits per heavy atom. The topological polar surface area (TPSA) is 0 Å². The Kier molecular flexibility index (Phi) is 21.9. The van der Waals surface area contributed by atoms with Crippen LogP contribution in [0.25, 0.3) is 24.3 Å². The summed E-state index contributed by atoms with van der Waals surface area (Å²) in [5.41, 5.74) is 2.35. The lowest BCUT2D eigenvalue weighted by atomic mass is 10.0. The van der Waals surface area contributed by atoms with Gasteiger partial charge in [-0.15, -0.1) is 0 Å². The van der Waals surface area contributed by atoms with Crippen molar-refractivity contribution in [1.29, 1.82) is 0 Å². The highest BCUT2D eigenvalue weighted by atomic mass is 14.0. The molecular formula is C22H36. The molecule has 0 radical (unpaired) electrons. The average molecular weight is 301 g/mol. The Labute approximate surface area is 139 Å². The van der Waals surface area contributed by atoms with E-state index in [-0.39, 0.29) is 0 Å². The van der Waals surface area contributed by atoms with E-state index in [0.29, 0.717) is 0 Å². The standard InChI is InChI=1S/C16H18.3C2H6/c1-5-9-15-13(7-3)11-12-14(8-4)16(15)10-6-2;3*1-2/h5-12H,1,4H2,2-3H3;3*1-2H3/b10-6-,13-7-,15-9+;;;. The van der Waals surface area contributed by atoms with Crippen molar-refractivity contribution in [1.82, 2.24) is 0 Å². The summed E-state index contributed by atoms with van der Waals surface area (Å²) in [6, 6.07) is 4.21. The van der Waals surface area contributed by atoms with Gasteiger partial charge in [-0.1, -0.05) is 103 Å². The van der Waals surface area contributed by atoms with Crippen molar-refractivity contribution in [2.45, 2.75) is 55.4 Å². The van der Waals surface area contributed by atoms with Gasteiger partial charge >= 0.3 is 0 Å². The number of allylic oxidation sites excluding steroid dienone is 2. The highest BCUT2D eigenvalue weighted by Gasteiger charge is 1.98. The van der Waals surface area contributed by atoms with Crippen LogP contribution >= 0.6 is 0 Å². The van der Waals surface area contributed by atoms with E-state index >= 15 is 0 Å². The van der Waals surface area contributed by atoms with E-state index in [9.17, 15) is 0 Å². The van der Waals surface area contributed by atoms with Crippen molar-refractivity contribution < 1.29 is 0 Å². The first-order chi connectivity index (χ1) is 10.8. The molecule has 0 bridgehead atoms. The number of hydrogen-bond donors (Lipinski definition) is 0. The van der Waals surface area contributed by atoms with Gasteiger partial charge in [0, 0.05) is 0 Å². The maximum absolute atomic E-state index is 3.85. The Balaban J connectivity index is -0.000000535. The van der Waals surface area contributed by atoms with Crippen LogP contribution in [0.1, 0.15) is 66.5 Å². The molecule has 0 nitrogen and oxygen atoms in total. The summed E-state index contributed by atoms with van der Waals surface area (Å²) in [6.45, 7) is 23.7. The van der Waals surface area contributed by atoms with Gasteiger partial charge in [0.25, 0.3) is 0 Å². The molecule has 0 aliphatic heterocycles. The van der Waals surface area contributed by atoms with Crippen LogP contribution in [0.2, 0.25) is 0 Å². The predicted molar refractivity (Wildman–Crippen MR) is 109 cm³/mol. The molecule has 124 valence electrons. The Bertz CT molecular complexity index is 528. The van der Waals surface area contributed by atoms with Crippen molar-refractivity contribution in [2.24, 2.45) is 0 Å². The molecule has 0 aliphatic carbocycles. The second-order valence-electron chi connectivity index (χ2n) is 3.47. The maximum atomic E-state index is 3.85. The fraction of sp³-hybridized carbons (Fsp3) is 0.364. The van der Waals surface area contributed by atoms with Crippen LogP contribution in [0.3, 0.4) is 0 Å². The lowest BCUT2D eigenvalue weighted by Gasteiger charge is -2.03. The van der Waals surface area contributed by atoms with Gasteiger partial charge in [-0.3, -0.25) is 0 Å². The van der Waals surface area contributed by atoms with Crippen molar-refractivity contribution >= 4 is 24.3 Å².